The van der Waals surface area contributed by atoms with Crippen LogP contribution in [0.3, 0.4) is 0 Å². The molecule has 0 bridgehead atoms. The molecule has 9 heteroatoms. The summed E-state index contributed by atoms with van der Waals surface area (Å²) < 4.78 is 21.0. The standard InChI is InChI=1S/C30H38N4O5/c1-7-38-29(36)23-17-33-24(13-25(23)35)21-12-26(37-6)22(10-19(21)11-28(33)30(3,4)5)20-14-32-34(16-20)18(2)27-15-31-8-9-39-27/h10,12-14,16-18,27-28,31H,7-9,11,15H2,1-6H3. The number of aromatic nitrogens is 3. The van der Waals surface area contributed by atoms with Gasteiger partial charge in [0.05, 0.1) is 44.4 Å². The number of benzene rings is 1. The highest BCUT2D eigenvalue weighted by atomic mass is 16.5. The van der Waals surface area contributed by atoms with Crippen LogP contribution in [0.5, 0.6) is 5.75 Å². The highest BCUT2D eigenvalue weighted by Gasteiger charge is 2.34. The second-order valence-electron chi connectivity index (χ2n) is 11.4. The smallest absolute Gasteiger partial charge is 0.343 e. The van der Waals surface area contributed by atoms with Gasteiger partial charge in [0.1, 0.15) is 11.3 Å². The number of morpholine rings is 1. The fourth-order valence-electron chi connectivity index (χ4n) is 5.61. The molecule has 2 aliphatic rings. The van der Waals surface area contributed by atoms with Crippen LogP contribution in [0, 0.1) is 5.41 Å². The third-order valence-electron chi connectivity index (χ3n) is 7.85. The van der Waals surface area contributed by atoms with Gasteiger partial charge in [-0.05, 0) is 43.4 Å². The van der Waals surface area contributed by atoms with Crippen LogP contribution in [0.1, 0.15) is 62.6 Å². The molecule has 5 rings (SSSR count). The molecule has 9 nitrogen and oxygen atoms in total. The summed E-state index contributed by atoms with van der Waals surface area (Å²) in [7, 11) is 1.65. The van der Waals surface area contributed by atoms with Gasteiger partial charge in [-0.3, -0.25) is 9.48 Å². The molecule has 2 aromatic heterocycles. The molecule has 3 aromatic rings. The van der Waals surface area contributed by atoms with Crippen molar-refractivity contribution >= 4 is 5.97 Å². The first-order chi connectivity index (χ1) is 18.6. The van der Waals surface area contributed by atoms with E-state index in [9.17, 15) is 9.59 Å². The quantitative estimate of drug-likeness (QED) is 0.472. The predicted molar refractivity (Wildman–Crippen MR) is 149 cm³/mol. The van der Waals surface area contributed by atoms with Gasteiger partial charge >= 0.3 is 5.97 Å². The molecule has 2 aliphatic heterocycles. The molecule has 0 aliphatic carbocycles. The highest BCUT2D eigenvalue weighted by Crippen LogP contribution is 2.46. The van der Waals surface area contributed by atoms with Crippen LogP contribution in [0.25, 0.3) is 22.4 Å². The fraction of sp³-hybridized carbons (Fsp3) is 0.500. The van der Waals surface area contributed by atoms with Crippen LogP contribution < -0.4 is 15.5 Å². The van der Waals surface area contributed by atoms with Gasteiger partial charge in [0.25, 0.3) is 0 Å². The maximum atomic E-state index is 13.0. The lowest BCUT2D eigenvalue weighted by atomic mass is 9.78. The first kappa shape index (κ1) is 27.1. The van der Waals surface area contributed by atoms with Gasteiger partial charge in [0.15, 0.2) is 5.43 Å². The minimum atomic E-state index is -0.593. The van der Waals surface area contributed by atoms with Crippen LogP contribution in [-0.4, -0.2) is 59.8 Å². The number of esters is 1. The average molecular weight is 535 g/mol. The van der Waals surface area contributed by atoms with E-state index >= 15 is 0 Å². The van der Waals surface area contributed by atoms with Gasteiger partial charge in [0, 0.05) is 54.3 Å². The Bertz CT molecular complexity index is 1430. The van der Waals surface area contributed by atoms with E-state index in [4.69, 9.17) is 14.2 Å². The molecule has 3 unspecified atom stereocenters. The summed E-state index contributed by atoms with van der Waals surface area (Å²) in [4.78, 5) is 25.6. The van der Waals surface area contributed by atoms with E-state index in [1.807, 2.05) is 23.1 Å². The Morgan fingerprint density at radius 3 is 2.69 bits per heavy atom. The topological polar surface area (TPSA) is 96.6 Å². The van der Waals surface area contributed by atoms with Crippen molar-refractivity contribution in [3.8, 4) is 28.1 Å². The monoisotopic (exact) mass is 534 g/mol. The molecule has 1 aromatic carbocycles. The van der Waals surface area contributed by atoms with Crippen LogP contribution in [-0.2, 0) is 15.9 Å². The Labute approximate surface area is 229 Å². The van der Waals surface area contributed by atoms with E-state index in [0.29, 0.717) is 12.4 Å². The Kier molecular flexibility index (Phi) is 7.39. The van der Waals surface area contributed by atoms with Gasteiger partial charge in [-0.2, -0.15) is 5.10 Å². The zero-order valence-corrected chi connectivity index (χ0v) is 23.6. The zero-order chi connectivity index (χ0) is 27.9. The lowest BCUT2D eigenvalue weighted by Crippen LogP contribution is -2.42. The number of methoxy groups -OCH3 is 1. The molecule has 1 saturated heterocycles. The van der Waals surface area contributed by atoms with Crippen LogP contribution in [0.15, 0.2) is 41.6 Å². The van der Waals surface area contributed by atoms with Crippen molar-refractivity contribution in [2.75, 3.05) is 33.4 Å². The van der Waals surface area contributed by atoms with Crippen molar-refractivity contribution in [1.82, 2.24) is 19.7 Å². The molecular weight excluding hydrogens is 496 g/mol. The second kappa shape index (κ2) is 10.6. The summed E-state index contributed by atoms with van der Waals surface area (Å²) in [5, 5.41) is 8.05. The molecule has 39 heavy (non-hydrogen) atoms. The molecule has 1 N–H and O–H groups in total. The van der Waals surface area contributed by atoms with E-state index < -0.39 is 5.97 Å². The summed E-state index contributed by atoms with van der Waals surface area (Å²) in [6.45, 7) is 12.9. The Balaban J connectivity index is 1.59. The number of carbonyl (C=O) groups is 1. The van der Waals surface area contributed by atoms with E-state index in [1.165, 1.54) is 0 Å². The Morgan fingerprint density at radius 1 is 1.23 bits per heavy atom. The third kappa shape index (κ3) is 5.13. The Morgan fingerprint density at radius 2 is 2.03 bits per heavy atom. The van der Waals surface area contributed by atoms with Crippen molar-refractivity contribution in [2.24, 2.45) is 5.41 Å². The minimum Gasteiger partial charge on any atom is -0.496 e. The van der Waals surface area contributed by atoms with E-state index in [1.54, 1.807) is 26.3 Å². The predicted octanol–water partition coefficient (Wildman–Crippen LogP) is 4.26. The summed E-state index contributed by atoms with van der Waals surface area (Å²) in [5.41, 5.74) is 4.29. The van der Waals surface area contributed by atoms with Gasteiger partial charge in [0.2, 0.25) is 0 Å². The number of ether oxygens (including phenoxy) is 3. The van der Waals surface area contributed by atoms with Crippen molar-refractivity contribution in [2.45, 2.75) is 59.2 Å². The SMILES string of the molecule is CCOC(=O)c1cn2c(cc1=O)-c1cc(OC)c(-c3cnn(C(C)C4CNCCO4)c3)cc1CC2C(C)(C)C. The summed E-state index contributed by atoms with van der Waals surface area (Å²) >= 11 is 0. The number of hydrogen-bond donors (Lipinski definition) is 1. The van der Waals surface area contributed by atoms with E-state index in [2.05, 4.69) is 48.7 Å². The number of nitrogens with zero attached hydrogens (tertiary/aromatic N) is 3. The average Bonchev–Trinajstić information content (AvgIpc) is 3.41. The van der Waals surface area contributed by atoms with E-state index in [0.717, 1.165) is 47.5 Å². The lowest BCUT2D eigenvalue weighted by Gasteiger charge is -2.39. The van der Waals surface area contributed by atoms with Crippen molar-refractivity contribution in [3.05, 3.63) is 58.1 Å². The third-order valence-corrected chi connectivity index (χ3v) is 7.85. The number of rotatable bonds is 6. The zero-order valence-electron chi connectivity index (χ0n) is 23.6. The largest absolute Gasteiger partial charge is 0.496 e. The summed E-state index contributed by atoms with van der Waals surface area (Å²) in [5.74, 6) is 0.101. The summed E-state index contributed by atoms with van der Waals surface area (Å²) in [6.07, 6.45) is 6.37. The first-order valence-electron chi connectivity index (χ1n) is 13.6. The molecule has 0 radical (unpaired) electrons. The number of nitrogens with one attached hydrogen (secondary N) is 1. The first-order valence-corrected chi connectivity index (χ1v) is 13.6. The molecule has 4 heterocycles. The van der Waals surface area contributed by atoms with Crippen molar-refractivity contribution in [3.63, 3.8) is 0 Å². The maximum absolute atomic E-state index is 13.0. The number of fused-ring (bicyclic) bond motifs is 3. The normalized spacial score (nSPS) is 19.6. The van der Waals surface area contributed by atoms with E-state index in [-0.39, 0.29) is 41.2 Å². The van der Waals surface area contributed by atoms with Crippen LogP contribution in [0.4, 0.5) is 0 Å². The summed E-state index contributed by atoms with van der Waals surface area (Å²) in [6, 6.07) is 5.81. The maximum Gasteiger partial charge on any atom is 0.343 e. The molecule has 208 valence electrons. The van der Waals surface area contributed by atoms with Gasteiger partial charge in [-0.15, -0.1) is 0 Å². The highest BCUT2D eigenvalue weighted by molar-refractivity contribution is 5.89. The molecule has 3 atom stereocenters. The number of hydrogen-bond acceptors (Lipinski definition) is 7. The molecule has 0 spiro atoms. The minimum absolute atomic E-state index is 0.0220. The second-order valence-corrected chi connectivity index (χ2v) is 11.4. The Hall–Kier alpha value is -3.43. The van der Waals surface area contributed by atoms with Crippen molar-refractivity contribution < 1.29 is 19.0 Å². The molecular formula is C30H38N4O5. The molecule has 0 amide bonds. The van der Waals surface area contributed by atoms with Crippen molar-refractivity contribution in [1.29, 1.82) is 0 Å². The van der Waals surface area contributed by atoms with Gasteiger partial charge < -0.3 is 24.1 Å². The lowest BCUT2D eigenvalue weighted by molar-refractivity contribution is -0.00318. The number of carbonyl (C=O) groups excluding carboxylic acids is 1. The molecule has 1 fully saturated rings. The van der Waals surface area contributed by atoms with Gasteiger partial charge in [-0.25, -0.2) is 4.79 Å². The fourth-order valence-corrected chi connectivity index (χ4v) is 5.61. The van der Waals surface area contributed by atoms with Gasteiger partial charge in [-0.1, -0.05) is 20.8 Å². The molecule has 0 saturated carbocycles. The van der Waals surface area contributed by atoms with Crippen LogP contribution in [0.2, 0.25) is 0 Å². The van der Waals surface area contributed by atoms with Crippen LogP contribution >= 0.6 is 0 Å². The number of pyridine rings is 1.